The summed E-state index contributed by atoms with van der Waals surface area (Å²) in [5, 5.41) is 7.44. The van der Waals surface area contributed by atoms with Crippen LogP contribution in [-0.4, -0.2) is 19.7 Å². The van der Waals surface area contributed by atoms with Crippen LogP contribution >= 0.6 is 0 Å². The van der Waals surface area contributed by atoms with Gasteiger partial charge in [0.1, 0.15) is 11.6 Å². The summed E-state index contributed by atoms with van der Waals surface area (Å²) in [5.74, 6) is 0.692. The Hall–Kier alpha value is -2.69. The molecule has 1 fully saturated rings. The second-order valence-electron chi connectivity index (χ2n) is 7.92. The first-order valence-electron chi connectivity index (χ1n) is 10.6. The van der Waals surface area contributed by atoms with Crippen molar-refractivity contribution in [2.24, 2.45) is 0 Å². The summed E-state index contributed by atoms with van der Waals surface area (Å²) < 4.78 is 18.8. The number of nitrogens with one attached hydrogen (secondary N) is 2. The van der Waals surface area contributed by atoms with Crippen molar-refractivity contribution in [3.63, 3.8) is 0 Å². The molecule has 0 spiro atoms. The number of halogens is 1. The molecular weight excluding hydrogens is 375 g/mol. The van der Waals surface area contributed by atoms with Crippen LogP contribution in [0.2, 0.25) is 0 Å². The predicted octanol–water partition coefficient (Wildman–Crippen LogP) is 5.01. The smallest absolute Gasteiger partial charge is 0.123 e. The molecule has 0 bridgehead atoms. The van der Waals surface area contributed by atoms with Gasteiger partial charge < -0.3 is 15.4 Å². The maximum absolute atomic E-state index is 13.2. The summed E-state index contributed by atoms with van der Waals surface area (Å²) in [4.78, 5) is 0. The summed E-state index contributed by atoms with van der Waals surface area (Å²) in [5.41, 5.74) is 4.77. The minimum atomic E-state index is -0.201. The average Bonchev–Trinajstić information content (AvgIpc) is 2.80. The van der Waals surface area contributed by atoms with E-state index in [0.29, 0.717) is 12.1 Å². The first-order valence-corrected chi connectivity index (χ1v) is 10.6. The van der Waals surface area contributed by atoms with E-state index in [1.54, 1.807) is 7.11 Å². The first-order chi connectivity index (χ1) is 14.7. The van der Waals surface area contributed by atoms with Gasteiger partial charge in [0, 0.05) is 24.2 Å². The van der Waals surface area contributed by atoms with Crippen LogP contribution < -0.4 is 15.4 Å². The summed E-state index contributed by atoms with van der Waals surface area (Å²) in [6.07, 6.45) is 3.09. The van der Waals surface area contributed by atoms with Crippen molar-refractivity contribution in [2.75, 3.05) is 13.7 Å². The third-order valence-electron chi connectivity index (χ3n) is 5.84. The van der Waals surface area contributed by atoms with E-state index in [2.05, 4.69) is 53.1 Å². The van der Waals surface area contributed by atoms with Gasteiger partial charge in [0.25, 0.3) is 0 Å². The molecule has 1 heterocycles. The summed E-state index contributed by atoms with van der Waals surface area (Å²) in [7, 11) is 1.72. The number of methoxy groups -OCH3 is 1. The van der Waals surface area contributed by atoms with Crippen LogP contribution in [0.4, 0.5) is 4.39 Å². The third-order valence-corrected chi connectivity index (χ3v) is 5.84. The topological polar surface area (TPSA) is 33.3 Å². The SMILES string of the molecule is COc1ccc(Cc2ccc(F)cc2)cc1CN[C@H]1CCCN[C@H]1c1ccccc1. The van der Waals surface area contributed by atoms with Gasteiger partial charge in [0.15, 0.2) is 0 Å². The van der Waals surface area contributed by atoms with Crippen LogP contribution in [-0.2, 0) is 13.0 Å². The fraction of sp³-hybridized carbons (Fsp3) is 0.308. The number of benzene rings is 3. The molecule has 1 saturated heterocycles. The fourth-order valence-corrected chi connectivity index (χ4v) is 4.28. The van der Waals surface area contributed by atoms with Crippen molar-refractivity contribution in [1.82, 2.24) is 10.6 Å². The van der Waals surface area contributed by atoms with Gasteiger partial charge in [-0.05, 0) is 60.7 Å². The van der Waals surface area contributed by atoms with Crippen LogP contribution in [0.15, 0.2) is 72.8 Å². The molecule has 3 aromatic carbocycles. The van der Waals surface area contributed by atoms with Gasteiger partial charge >= 0.3 is 0 Å². The van der Waals surface area contributed by atoms with E-state index in [-0.39, 0.29) is 5.82 Å². The Morgan fingerprint density at radius 1 is 1.00 bits per heavy atom. The number of ether oxygens (including phenoxy) is 1. The quantitative estimate of drug-likeness (QED) is 0.581. The van der Waals surface area contributed by atoms with Gasteiger partial charge in [-0.2, -0.15) is 0 Å². The van der Waals surface area contributed by atoms with Crippen molar-refractivity contribution in [3.8, 4) is 5.75 Å². The van der Waals surface area contributed by atoms with E-state index in [9.17, 15) is 4.39 Å². The Morgan fingerprint density at radius 2 is 1.77 bits per heavy atom. The van der Waals surface area contributed by atoms with Crippen LogP contribution in [0, 0.1) is 5.82 Å². The minimum absolute atomic E-state index is 0.201. The van der Waals surface area contributed by atoms with E-state index < -0.39 is 0 Å². The summed E-state index contributed by atoms with van der Waals surface area (Å²) in [6.45, 7) is 1.80. The molecule has 0 unspecified atom stereocenters. The lowest BCUT2D eigenvalue weighted by atomic mass is 9.92. The van der Waals surface area contributed by atoms with Gasteiger partial charge in [-0.3, -0.25) is 0 Å². The highest BCUT2D eigenvalue weighted by atomic mass is 19.1. The molecule has 0 radical (unpaired) electrons. The highest BCUT2D eigenvalue weighted by Gasteiger charge is 2.25. The highest BCUT2D eigenvalue weighted by molar-refractivity contribution is 5.39. The molecule has 2 N–H and O–H groups in total. The zero-order chi connectivity index (χ0) is 20.8. The van der Waals surface area contributed by atoms with E-state index in [1.807, 2.05) is 18.2 Å². The molecule has 156 valence electrons. The fourth-order valence-electron chi connectivity index (χ4n) is 4.28. The number of rotatable bonds is 7. The molecule has 0 aliphatic carbocycles. The van der Waals surface area contributed by atoms with Gasteiger partial charge in [-0.15, -0.1) is 0 Å². The standard InChI is InChI=1S/C26H29FN2O/c1-30-25-14-11-20(16-19-9-12-23(27)13-10-19)17-22(25)18-29-24-8-5-15-28-26(24)21-6-3-2-4-7-21/h2-4,6-7,9-14,17,24,26,28-29H,5,8,15-16,18H2,1H3/t24-,26-/m0/s1. The first kappa shape index (κ1) is 20.6. The summed E-state index contributed by atoms with van der Waals surface area (Å²) in [6, 6.07) is 24.4. The van der Waals surface area contributed by atoms with E-state index >= 15 is 0 Å². The van der Waals surface area contributed by atoms with Gasteiger partial charge in [-0.25, -0.2) is 4.39 Å². The molecule has 4 rings (SSSR count). The molecular formula is C26H29FN2O. The van der Waals surface area contributed by atoms with E-state index in [1.165, 1.54) is 29.7 Å². The Kier molecular flexibility index (Phi) is 6.77. The Bertz CT molecular complexity index is 943. The molecule has 3 aromatic rings. The Labute approximate surface area is 178 Å². The van der Waals surface area contributed by atoms with Crippen molar-refractivity contribution in [3.05, 3.63) is 101 Å². The molecule has 0 aromatic heterocycles. The lowest BCUT2D eigenvalue weighted by Gasteiger charge is -2.34. The molecule has 4 heteroatoms. The lowest BCUT2D eigenvalue weighted by molar-refractivity contribution is 0.303. The zero-order valence-electron chi connectivity index (χ0n) is 17.4. The van der Waals surface area contributed by atoms with E-state index in [4.69, 9.17) is 4.74 Å². The van der Waals surface area contributed by atoms with Crippen LogP contribution in [0.3, 0.4) is 0 Å². The van der Waals surface area contributed by atoms with Crippen molar-refractivity contribution < 1.29 is 9.13 Å². The normalized spacial score (nSPS) is 18.9. The second kappa shape index (κ2) is 9.88. The number of piperidine rings is 1. The van der Waals surface area contributed by atoms with Gasteiger partial charge in [0.05, 0.1) is 7.11 Å². The molecule has 1 aliphatic rings. The number of hydrogen-bond acceptors (Lipinski definition) is 3. The lowest BCUT2D eigenvalue weighted by Crippen LogP contribution is -2.45. The highest BCUT2D eigenvalue weighted by Crippen LogP contribution is 2.26. The zero-order valence-corrected chi connectivity index (χ0v) is 17.4. The van der Waals surface area contributed by atoms with Crippen molar-refractivity contribution >= 4 is 0 Å². The van der Waals surface area contributed by atoms with Crippen LogP contribution in [0.1, 0.15) is 41.1 Å². The predicted molar refractivity (Wildman–Crippen MR) is 119 cm³/mol. The molecule has 0 saturated carbocycles. The second-order valence-corrected chi connectivity index (χ2v) is 7.92. The average molecular weight is 405 g/mol. The Balaban J connectivity index is 1.48. The number of hydrogen-bond donors (Lipinski definition) is 2. The van der Waals surface area contributed by atoms with Gasteiger partial charge in [-0.1, -0.05) is 54.6 Å². The van der Waals surface area contributed by atoms with E-state index in [0.717, 1.165) is 42.8 Å². The maximum Gasteiger partial charge on any atom is 0.123 e. The largest absolute Gasteiger partial charge is 0.496 e. The van der Waals surface area contributed by atoms with Crippen LogP contribution in [0.25, 0.3) is 0 Å². The monoisotopic (exact) mass is 404 g/mol. The third kappa shape index (κ3) is 5.07. The molecule has 30 heavy (non-hydrogen) atoms. The van der Waals surface area contributed by atoms with Gasteiger partial charge in [0.2, 0.25) is 0 Å². The van der Waals surface area contributed by atoms with Crippen molar-refractivity contribution in [2.45, 2.75) is 37.9 Å². The molecule has 1 aliphatic heterocycles. The molecule has 3 nitrogen and oxygen atoms in total. The van der Waals surface area contributed by atoms with Crippen LogP contribution in [0.5, 0.6) is 5.75 Å². The molecule has 0 amide bonds. The van der Waals surface area contributed by atoms with Crippen molar-refractivity contribution in [1.29, 1.82) is 0 Å². The maximum atomic E-state index is 13.2. The molecule has 2 atom stereocenters. The minimum Gasteiger partial charge on any atom is -0.496 e. The summed E-state index contributed by atoms with van der Waals surface area (Å²) >= 11 is 0. The Morgan fingerprint density at radius 3 is 2.53 bits per heavy atom.